The third kappa shape index (κ3) is 8.02. The summed E-state index contributed by atoms with van der Waals surface area (Å²) in [6, 6.07) is -0.261. The van der Waals surface area contributed by atoms with Crippen LogP contribution in [0.3, 0.4) is 0 Å². The Hall–Kier alpha value is -1.26. The predicted molar refractivity (Wildman–Crippen MR) is 80.8 cm³/mol. The van der Waals surface area contributed by atoms with Crippen LogP contribution in [0.5, 0.6) is 0 Å². The van der Waals surface area contributed by atoms with Crippen LogP contribution in [0.15, 0.2) is 0 Å². The lowest BCUT2D eigenvalue weighted by Gasteiger charge is -2.28. The molecule has 5 nitrogen and oxygen atoms in total. The number of rotatable bonds is 10. The van der Waals surface area contributed by atoms with Gasteiger partial charge >= 0.3 is 12.0 Å². The Bertz CT molecular complexity index is 295. The second-order valence-corrected chi connectivity index (χ2v) is 5.48. The smallest absolute Gasteiger partial charge is 0.323 e. The van der Waals surface area contributed by atoms with Crippen molar-refractivity contribution in [3.63, 3.8) is 0 Å². The number of amides is 2. The maximum Gasteiger partial charge on any atom is 0.323 e. The second-order valence-electron chi connectivity index (χ2n) is 5.48. The summed E-state index contributed by atoms with van der Waals surface area (Å²) in [5.74, 6) is -0.976. The summed E-state index contributed by atoms with van der Waals surface area (Å²) in [7, 11) is 0. The summed E-state index contributed by atoms with van der Waals surface area (Å²) in [5, 5.41) is 11.8. The molecule has 0 aliphatic rings. The molecule has 2 amide bonds. The Morgan fingerprint density at radius 1 is 1.15 bits per heavy atom. The van der Waals surface area contributed by atoms with Crippen LogP contribution in [0.1, 0.15) is 66.2 Å². The molecule has 0 aliphatic heterocycles. The predicted octanol–water partition coefficient (Wildman–Crippen LogP) is 3.24. The minimum atomic E-state index is -0.976. The first kappa shape index (κ1) is 18.7. The van der Waals surface area contributed by atoms with Crippen molar-refractivity contribution in [1.29, 1.82) is 0 Å². The Kier molecular flexibility index (Phi) is 9.86. The first-order valence-corrected chi connectivity index (χ1v) is 7.71. The van der Waals surface area contributed by atoms with E-state index in [4.69, 9.17) is 5.11 Å². The highest BCUT2D eigenvalue weighted by molar-refractivity contribution is 5.80. The fourth-order valence-electron chi connectivity index (χ4n) is 2.04. The molecule has 0 aromatic rings. The Morgan fingerprint density at radius 2 is 1.80 bits per heavy atom. The van der Waals surface area contributed by atoms with Gasteiger partial charge in [-0.15, -0.1) is 0 Å². The van der Waals surface area contributed by atoms with Gasteiger partial charge in [0.15, 0.2) is 0 Å². The van der Waals surface area contributed by atoms with E-state index in [2.05, 4.69) is 12.2 Å². The number of carbonyl (C=O) groups excluding carboxylic acids is 1. The second kappa shape index (κ2) is 10.5. The molecular formula is C15H30N2O3. The summed E-state index contributed by atoms with van der Waals surface area (Å²) in [6.45, 7) is 7.71. The van der Waals surface area contributed by atoms with Crippen LogP contribution >= 0.6 is 0 Å². The lowest BCUT2D eigenvalue weighted by atomic mass is 10.1. The molecule has 0 heterocycles. The third-order valence-electron chi connectivity index (χ3n) is 3.55. The van der Waals surface area contributed by atoms with E-state index in [-0.39, 0.29) is 24.7 Å². The molecule has 2 atom stereocenters. The molecule has 2 unspecified atom stereocenters. The maximum atomic E-state index is 12.1. The summed E-state index contributed by atoms with van der Waals surface area (Å²) < 4.78 is 0. The zero-order valence-corrected chi connectivity index (χ0v) is 13.3. The highest BCUT2D eigenvalue weighted by Crippen LogP contribution is 2.08. The summed E-state index contributed by atoms with van der Waals surface area (Å²) in [6.07, 6.45) is 6.37. The molecule has 0 saturated heterocycles. The van der Waals surface area contributed by atoms with Crippen LogP contribution in [0.4, 0.5) is 4.79 Å². The maximum absolute atomic E-state index is 12.1. The minimum absolute atomic E-state index is 0.0709. The lowest BCUT2D eigenvalue weighted by Crippen LogP contribution is -2.49. The summed E-state index contributed by atoms with van der Waals surface area (Å²) in [5.41, 5.74) is 0. The number of carboxylic acid groups (broad SMARTS) is 1. The Balaban J connectivity index is 4.26. The number of carbonyl (C=O) groups is 2. The fraction of sp³-hybridized carbons (Fsp3) is 0.867. The van der Waals surface area contributed by atoms with E-state index in [1.807, 2.05) is 20.8 Å². The molecule has 20 heavy (non-hydrogen) atoms. The molecule has 118 valence electrons. The number of hydrogen-bond acceptors (Lipinski definition) is 2. The zero-order valence-electron chi connectivity index (χ0n) is 13.3. The van der Waals surface area contributed by atoms with Crippen molar-refractivity contribution >= 4 is 12.0 Å². The van der Waals surface area contributed by atoms with Gasteiger partial charge in [-0.3, -0.25) is 4.79 Å². The summed E-state index contributed by atoms with van der Waals surface area (Å²) >= 11 is 0. The van der Waals surface area contributed by atoms with Gasteiger partial charge in [0.25, 0.3) is 0 Å². The molecule has 0 aromatic carbocycles. The van der Waals surface area contributed by atoms with Gasteiger partial charge in [-0.05, 0) is 26.7 Å². The number of unbranched alkanes of at least 4 members (excludes halogenated alkanes) is 3. The normalized spacial score (nSPS) is 13.6. The van der Waals surface area contributed by atoms with E-state index in [9.17, 15) is 9.59 Å². The standard InChI is InChI=1S/C15H30N2O3/c1-5-7-8-9-10-12(3)16-15(20)17(11-14(18)19)13(4)6-2/h12-13H,5-11H2,1-4H3,(H,16,20)(H,18,19). The van der Waals surface area contributed by atoms with E-state index in [1.54, 1.807) is 0 Å². The molecule has 0 aliphatic carbocycles. The average Bonchev–Trinajstić information content (AvgIpc) is 2.39. The van der Waals surface area contributed by atoms with Crippen LogP contribution in [0.25, 0.3) is 0 Å². The van der Waals surface area contributed by atoms with Gasteiger partial charge in [0.05, 0.1) is 0 Å². The van der Waals surface area contributed by atoms with E-state index in [0.29, 0.717) is 0 Å². The first-order valence-electron chi connectivity index (χ1n) is 7.71. The number of aliphatic carboxylic acids is 1. The molecule has 0 saturated carbocycles. The van der Waals surface area contributed by atoms with Crippen molar-refractivity contribution in [2.75, 3.05) is 6.54 Å². The van der Waals surface area contributed by atoms with Crippen LogP contribution in [0.2, 0.25) is 0 Å². The van der Waals surface area contributed by atoms with Gasteiger partial charge in [0.2, 0.25) is 0 Å². The SMILES string of the molecule is CCCCCCC(C)NC(=O)N(CC(=O)O)C(C)CC. The van der Waals surface area contributed by atoms with Crippen LogP contribution in [-0.4, -0.2) is 40.6 Å². The van der Waals surface area contributed by atoms with E-state index in [0.717, 1.165) is 19.3 Å². The number of hydrogen-bond donors (Lipinski definition) is 2. The van der Waals surface area contributed by atoms with E-state index < -0.39 is 5.97 Å². The van der Waals surface area contributed by atoms with Crippen molar-refractivity contribution in [3.05, 3.63) is 0 Å². The van der Waals surface area contributed by atoms with Gasteiger partial charge in [0.1, 0.15) is 6.54 Å². The van der Waals surface area contributed by atoms with Crippen LogP contribution in [0, 0.1) is 0 Å². The Labute approximate surface area is 122 Å². The topological polar surface area (TPSA) is 69.6 Å². The molecule has 0 rings (SSSR count). The highest BCUT2D eigenvalue weighted by atomic mass is 16.4. The minimum Gasteiger partial charge on any atom is -0.480 e. The average molecular weight is 286 g/mol. The van der Waals surface area contributed by atoms with Crippen LogP contribution in [-0.2, 0) is 4.79 Å². The molecule has 0 spiro atoms. The van der Waals surface area contributed by atoms with Gasteiger partial charge < -0.3 is 15.3 Å². The molecule has 2 N–H and O–H groups in total. The Morgan fingerprint density at radius 3 is 2.30 bits per heavy atom. The largest absolute Gasteiger partial charge is 0.480 e. The molecule has 0 bridgehead atoms. The molecule has 0 radical (unpaired) electrons. The molecule has 0 fully saturated rings. The zero-order chi connectivity index (χ0) is 15.5. The van der Waals surface area contributed by atoms with Gasteiger partial charge in [-0.1, -0.05) is 39.5 Å². The quantitative estimate of drug-likeness (QED) is 0.606. The highest BCUT2D eigenvalue weighted by Gasteiger charge is 2.22. The van der Waals surface area contributed by atoms with Crippen molar-refractivity contribution in [1.82, 2.24) is 10.2 Å². The monoisotopic (exact) mass is 286 g/mol. The van der Waals surface area contributed by atoms with E-state index >= 15 is 0 Å². The number of nitrogens with one attached hydrogen (secondary N) is 1. The van der Waals surface area contributed by atoms with Gasteiger partial charge in [0, 0.05) is 12.1 Å². The van der Waals surface area contributed by atoms with E-state index in [1.165, 1.54) is 24.2 Å². The molecule has 5 heteroatoms. The number of urea groups is 1. The van der Waals surface area contributed by atoms with Crippen molar-refractivity contribution < 1.29 is 14.7 Å². The molecular weight excluding hydrogens is 256 g/mol. The van der Waals surface area contributed by atoms with Crippen LogP contribution < -0.4 is 5.32 Å². The summed E-state index contributed by atoms with van der Waals surface area (Å²) in [4.78, 5) is 24.4. The van der Waals surface area contributed by atoms with Gasteiger partial charge in [-0.25, -0.2) is 4.79 Å². The third-order valence-corrected chi connectivity index (χ3v) is 3.55. The van der Waals surface area contributed by atoms with Crippen molar-refractivity contribution in [3.8, 4) is 0 Å². The first-order chi connectivity index (χ1) is 9.42. The molecule has 0 aromatic heterocycles. The lowest BCUT2D eigenvalue weighted by molar-refractivity contribution is -0.138. The van der Waals surface area contributed by atoms with Crippen molar-refractivity contribution in [2.24, 2.45) is 0 Å². The number of nitrogens with zero attached hydrogens (tertiary/aromatic N) is 1. The van der Waals surface area contributed by atoms with Gasteiger partial charge in [-0.2, -0.15) is 0 Å². The van der Waals surface area contributed by atoms with Crippen molar-refractivity contribution in [2.45, 2.75) is 78.3 Å². The fourth-order valence-corrected chi connectivity index (χ4v) is 2.04. The number of carboxylic acids is 1.